The van der Waals surface area contributed by atoms with Crippen molar-refractivity contribution < 1.29 is 17.9 Å². The predicted molar refractivity (Wildman–Crippen MR) is 97.8 cm³/mol. The van der Waals surface area contributed by atoms with E-state index in [1.807, 2.05) is 24.3 Å². The molecule has 2 aliphatic heterocycles. The number of halogens is 3. The van der Waals surface area contributed by atoms with Crippen LogP contribution < -0.4 is 10.6 Å². The summed E-state index contributed by atoms with van der Waals surface area (Å²) >= 11 is 0. The fourth-order valence-electron chi connectivity index (χ4n) is 3.68. The Kier molecular flexibility index (Phi) is 4.70. The molecule has 0 amide bonds. The highest BCUT2D eigenvalue weighted by Gasteiger charge is 2.41. The molecule has 6 heteroatoms. The van der Waals surface area contributed by atoms with Crippen LogP contribution in [0.15, 0.2) is 55.1 Å². The molecule has 142 valence electrons. The third-order valence-electron chi connectivity index (χ3n) is 5.20. The van der Waals surface area contributed by atoms with Gasteiger partial charge in [0, 0.05) is 24.8 Å². The van der Waals surface area contributed by atoms with Crippen LogP contribution in [0.1, 0.15) is 34.8 Å². The Hall–Kier alpha value is -2.31. The van der Waals surface area contributed by atoms with Gasteiger partial charge >= 0.3 is 6.18 Å². The molecule has 27 heavy (non-hydrogen) atoms. The van der Waals surface area contributed by atoms with Gasteiger partial charge in [-0.25, -0.2) is 0 Å². The maximum absolute atomic E-state index is 12.6. The van der Waals surface area contributed by atoms with E-state index in [1.165, 1.54) is 12.1 Å². The van der Waals surface area contributed by atoms with E-state index in [-0.39, 0.29) is 6.10 Å². The fraction of sp³-hybridized carbons (Fsp3) is 0.333. The minimum atomic E-state index is -4.31. The molecular formula is C21H21F3N2O. The van der Waals surface area contributed by atoms with E-state index < -0.39 is 11.7 Å². The lowest BCUT2D eigenvalue weighted by molar-refractivity contribution is -0.137. The summed E-state index contributed by atoms with van der Waals surface area (Å²) in [5.41, 5.74) is 2.95. The average molecular weight is 374 g/mol. The van der Waals surface area contributed by atoms with Crippen molar-refractivity contribution in [2.24, 2.45) is 0 Å². The Morgan fingerprint density at radius 3 is 2.37 bits per heavy atom. The third-order valence-corrected chi connectivity index (χ3v) is 5.20. The van der Waals surface area contributed by atoms with E-state index in [0.717, 1.165) is 47.5 Å². The number of hydrogen-bond donors (Lipinski definition) is 2. The molecule has 3 nitrogen and oxygen atoms in total. The molecule has 0 unspecified atom stereocenters. The Morgan fingerprint density at radius 2 is 1.81 bits per heavy atom. The number of hydrogen-bond acceptors (Lipinski definition) is 3. The SMILES string of the molecule is C=C(NCc1ccc(C(F)(F)F)cc1)c1ccc([C@@H]2O[C@H]3CN[C@@H]2C3)cc1. The van der Waals surface area contributed by atoms with Crippen LogP contribution in [0.2, 0.25) is 0 Å². The second kappa shape index (κ2) is 7.02. The van der Waals surface area contributed by atoms with Gasteiger partial charge < -0.3 is 15.4 Å². The van der Waals surface area contributed by atoms with E-state index in [4.69, 9.17) is 4.74 Å². The number of fused-ring (bicyclic) bond motifs is 2. The quantitative estimate of drug-likeness (QED) is 0.820. The Labute approximate surface area is 156 Å². The maximum Gasteiger partial charge on any atom is 0.416 e. The lowest BCUT2D eigenvalue weighted by Gasteiger charge is -2.24. The molecule has 2 N–H and O–H groups in total. The van der Waals surface area contributed by atoms with Crippen LogP contribution in [-0.4, -0.2) is 18.7 Å². The molecular weight excluding hydrogens is 353 g/mol. The topological polar surface area (TPSA) is 33.3 Å². The molecule has 2 fully saturated rings. The third kappa shape index (κ3) is 3.87. The number of benzene rings is 2. The van der Waals surface area contributed by atoms with Gasteiger partial charge in [0.05, 0.1) is 17.8 Å². The molecule has 2 aromatic carbocycles. The number of ether oxygens (including phenoxy) is 1. The number of rotatable bonds is 5. The summed E-state index contributed by atoms with van der Waals surface area (Å²) in [5.74, 6) is 0. The van der Waals surface area contributed by atoms with Crippen molar-refractivity contribution in [3.63, 3.8) is 0 Å². The molecule has 0 spiro atoms. The predicted octanol–water partition coefficient (Wildman–Crippen LogP) is 4.27. The van der Waals surface area contributed by atoms with E-state index in [2.05, 4.69) is 17.2 Å². The minimum Gasteiger partial charge on any atom is -0.381 e. The summed E-state index contributed by atoms with van der Waals surface area (Å²) in [6.07, 6.45) is -2.82. The summed E-state index contributed by atoms with van der Waals surface area (Å²) < 4.78 is 43.8. The van der Waals surface area contributed by atoms with Gasteiger partial charge in [-0.3, -0.25) is 0 Å². The molecule has 2 aromatic rings. The van der Waals surface area contributed by atoms with Crippen molar-refractivity contribution in [2.45, 2.75) is 37.4 Å². The van der Waals surface area contributed by atoms with Crippen LogP contribution in [0.5, 0.6) is 0 Å². The Balaban J connectivity index is 1.34. The van der Waals surface area contributed by atoms with Gasteiger partial charge in [0.1, 0.15) is 0 Å². The van der Waals surface area contributed by atoms with E-state index in [0.29, 0.717) is 18.7 Å². The molecule has 2 saturated heterocycles. The van der Waals surface area contributed by atoms with Crippen molar-refractivity contribution >= 4 is 5.70 Å². The molecule has 4 rings (SSSR count). The number of alkyl halides is 3. The molecule has 0 saturated carbocycles. The first kappa shape index (κ1) is 18.1. The van der Waals surface area contributed by atoms with Gasteiger partial charge in [0.15, 0.2) is 0 Å². The van der Waals surface area contributed by atoms with Crippen molar-refractivity contribution in [3.05, 3.63) is 77.4 Å². The van der Waals surface area contributed by atoms with Gasteiger partial charge in [-0.15, -0.1) is 0 Å². The summed E-state index contributed by atoms with van der Waals surface area (Å²) in [5, 5.41) is 6.64. The molecule has 0 radical (unpaired) electrons. The molecule has 3 atom stereocenters. The fourth-order valence-corrected chi connectivity index (χ4v) is 3.68. The normalized spacial score (nSPS) is 24.2. The smallest absolute Gasteiger partial charge is 0.381 e. The van der Waals surface area contributed by atoms with Gasteiger partial charge in [-0.1, -0.05) is 43.0 Å². The van der Waals surface area contributed by atoms with Crippen molar-refractivity contribution in [3.8, 4) is 0 Å². The lowest BCUT2D eigenvalue weighted by Crippen LogP contribution is -2.33. The van der Waals surface area contributed by atoms with Crippen LogP contribution in [0.3, 0.4) is 0 Å². The monoisotopic (exact) mass is 374 g/mol. The second-order valence-electron chi connectivity index (χ2n) is 7.08. The lowest BCUT2D eigenvalue weighted by atomic mass is 10.0. The summed E-state index contributed by atoms with van der Waals surface area (Å²) in [6, 6.07) is 13.6. The van der Waals surface area contributed by atoms with Crippen LogP contribution in [0.4, 0.5) is 13.2 Å². The highest BCUT2D eigenvalue weighted by Crippen LogP contribution is 2.37. The van der Waals surface area contributed by atoms with Gasteiger partial charge in [0.25, 0.3) is 0 Å². The van der Waals surface area contributed by atoms with Gasteiger partial charge in [-0.05, 0) is 35.2 Å². The molecule has 2 bridgehead atoms. The first-order valence-electron chi connectivity index (χ1n) is 8.98. The van der Waals surface area contributed by atoms with E-state index in [9.17, 15) is 13.2 Å². The summed E-state index contributed by atoms with van der Waals surface area (Å²) in [4.78, 5) is 0. The van der Waals surface area contributed by atoms with Crippen molar-refractivity contribution in [1.29, 1.82) is 0 Å². The van der Waals surface area contributed by atoms with Gasteiger partial charge in [-0.2, -0.15) is 13.2 Å². The average Bonchev–Trinajstić information content (AvgIpc) is 3.29. The maximum atomic E-state index is 12.6. The van der Waals surface area contributed by atoms with Crippen LogP contribution >= 0.6 is 0 Å². The summed E-state index contributed by atoms with van der Waals surface area (Å²) in [7, 11) is 0. The number of nitrogens with one attached hydrogen (secondary N) is 2. The highest BCUT2D eigenvalue weighted by molar-refractivity contribution is 5.62. The molecule has 0 aliphatic carbocycles. The van der Waals surface area contributed by atoms with Crippen LogP contribution in [-0.2, 0) is 17.5 Å². The molecule has 2 heterocycles. The summed E-state index contributed by atoms with van der Waals surface area (Å²) in [6.45, 7) is 5.38. The zero-order valence-electron chi connectivity index (χ0n) is 14.7. The van der Waals surface area contributed by atoms with E-state index >= 15 is 0 Å². The highest BCUT2D eigenvalue weighted by atomic mass is 19.4. The van der Waals surface area contributed by atoms with Crippen molar-refractivity contribution in [1.82, 2.24) is 10.6 Å². The largest absolute Gasteiger partial charge is 0.416 e. The zero-order valence-corrected chi connectivity index (χ0v) is 14.7. The van der Waals surface area contributed by atoms with Gasteiger partial charge in [0.2, 0.25) is 0 Å². The second-order valence-corrected chi connectivity index (χ2v) is 7.08. The molecule has 2 aliphatic rings. The standard InChI is InChI=1S/C21H21F3N2O/c1-13(25-11-14-2-8-17(9-3-14)21(22,23)24)15-4-6-16(7-5-15)20-19-10-18(27-20)12-26-19/h2-9,18-20,25-26H,1,10-12H2/t18-,19-,20+/m1/s1. The Morgan fingerprint density at radius 1 is 1.11 bits per heavy atom. The van der Waals surface area contributed by atoms with Crippen molar-refractivity contribution in [2.75, 3.05) is 6.54 Å². The van der Waals surface area contributed by atoms with Crippen LogP contribution in [0, 0.1) is 0 Å². The first-order chi connectivity index (χ1) is 12.9. The van der Waals surface area contributed by atoms with Crippen LogP contribution in [0.25, 0.3) is 5.70 Å². The zero-order chi connectivity index (χ0) is 19.0. The molecule has 0 aromatic heterocycles. The van der Waals surface area contributed by atoms with E-state index in [1.54, 1.807) is 0 Å². The number of morpholine rings is 1. The minimum absolute atomic E-state index is 0.103. The Bertz CT molecular complexity index is 815. The first-order valence-corrected chi connectivity index (χ1v) is 8.98.